The summed E-state index contributed by atoms with van der Waals surface area (Å²) in [7, 11) is -3.63. The first-order chi connectivity index (χ1) is 14.9. The minimum Gasteiger partial charge on any atom is -0.335 e. The summed E-state index contributed by atoms with van der Waals surface area (Å²) < 4.78 is 27.4. The number of likely N-dealkylation sites (tertiary alicyclic amines) is 1. The zero-order valence-corrected chi connectivity index (χ0v) is 18.6. The Balaban J connectivity index is 1.41. The van der Waals surface area contributed by atoms with Crippen LogP contribution in [0.4, 0.5) is 0 Å². The van der Waals surface area contributed by atoms with Crippen molar-refractivity contribution in [2.24, 2.45) is 5.92 Å². The van der Waals surface area contributed by atoms with Gasteiger partial charge in [0.25, 0.3) is 0 Å². The number of carbonyl (C=O) groups excluding carboxylic acids is 2. The Kier molecular flexibility index (Phi) is 6.25. The lowest BCUT2D eigenvalue weighted by molar-refractivity contribution is -0.137. The van der Waals surface area contributed by atoms with Gasteiger partial charge < -0.3 is 4.90 Å². The lowest BCUT2D eigenvalue weighted by Crippen LogP contribution is -2.44. The highest BCUT2D eigenvalue weighted by Gasteiger charge is 2.37. The standard InChI is InChI=1S/C24H28N2O4S/c1-18(27)19-9-11-22(12-10-19)31(29,30)25-16-13-21(14-17-25)24(28)26-15-5-8-23(26)20-6-3-2-4-7-20/h2-4,6-7,9-12,21,23H,5,8,13-17H2,1H3/t23-/m0/s1. The van der Waals surface area contributed by atoms with Gasteiger partial charge in [0.15, 0.2) is 5.78 Å². The van der Waals surface area contributed by atoms with Gasteiger partial charge in [-0.3, -0.25) is 9.59 Å². The number of nitrogens with zero attached hydrogens (tertiary/aromatic N) is 2. The fourth-order valence-electron chi connectivity index (χ4n) is 4.64. The van der Waals surface area contributed by atoms with Crippen molar-refractivity contribution in [2.45, 2.75) is 43.5 Å². The van der Waals surface area contributed by atoms with Gasteiger partial charge in [-0.25, -0.2) is 8.42 Å². The Bertz CT molecular complexity index is 1040. The van der Waals surface area contributed by atoms with Crippen molar-refractivity contribution in [2.75, 3.05) is 19.6 Å². The van der Waals surface area contributed by atoms with Gasteiger partial charge >= 0.3 is 0 Å². The molecule has 0 unspecified atom stereocenters. The molecule has 0 spiro atoms. The summed E-state index contributed by atoms with van der Waals surface area (Å²) in [4.78, 5) is 26.8. The number of sulfonamides is 1. The molecule has 6 nitrogen and oxygen atoms in total. The van der Waals surface area contributed by atoms with Gasteiger partial charge in [0.1, 0.15) is 0 Å². The minimum atomic E-state index is -3.63. The number of amides is 1. The van der Waals surface area contributed by atoms with Crippen molar-refractivity contribution in [3.63, 3.8) is 0 Å². The highest BCUT2D eigenvalue weighted by Crippen LogP contribution is 2.35. The van der Waals surface area contributed by atoms with Crippen LogP contribution in [0.2, 0.25) is 0 Å². The first-order valence-corrected chi connectivity index (χ1v) is 12.3. The van der Waals surface area contributed by atoms with Crippen LogP contribution in [0.5, 0.6) is 0 Å². The molecule has 2 aliphatic heterocycles. The summed E-state index contributed by atoms with van der Waals surface area (Å²) in [6, 6.07) is 16.3. The largest absolute Gasteiger partial charge is 0.335 e. The van der Waals surface area contributed by atoms with Crippen LogP contribution in [0.25, 0.3) is 0 Å². The van der Waals surface area contributed by atoms with E-state index in [4.69, 9.17) is 0 Å². The van der Waals surface area contributed by atoms with Crippen LogP contribution in [0.3, 0.4) is 0 Å². The van der Waals surface area contributed by atoms with E-state index in [1.165, 1.54) is 28.9 Å². The van der Waals surface area contributed by atoms with E-state index in [2.05, 4.69) is 12.1 Å². The number of piperidine rings is 1. The van der Waals surface area contributed by atoms with Crippen molar-refractivity contribution in [3.8, 4) is 0 Å². The molecule has 0 aliphatic carbocycles. The van der Waals surface area contributed by atoms with Crippen molar-refractivity contribution in [1.29, 1.82) is 0 Å². The number of hydrogen-bond acceptors (Lipinski definition) is 4. The molecule has 0 saturated carbocycles. The van der Waals surface area contributed by atoms with Crippen LogP contribution >= 0.6 is 0 Å². The maximum atomic E-state index is 13.2. The van der Waals surface area contributed by atoms with Crippen LogP contribution in [0.1, 0.15) is 54.6 Å². The second-order valence-electron chi connectivity index (χ2n) is 8.36. The second-order valence-corrected chi connectivity index (χ2v) is 10.3. The highest BCUT2D eigenvalue weighted by atomic mass is 32.2. The van der Waals surface area contributed by atoms with E-state index in [-0.39, 0.29) is 28.5 Å². The number of rotatable bonds is 5. The van der Waals surface area contributed by atoms with E-state index in [0.29, 0.717) is 31.5 Å². The Morgan fingerprint density at radius 3 is 2.13 bits per heavy atom. The zero-order chi connectivity index (χ0) is 22.0. The van der Waals surface area contributed by atoms with Gasteiger partial charge in [0.05, 0.1) is 10.9 Å². The molecule has 0 radical (unpaired) electrons. The number of Topliss-reactive ketones (excluding diaryl/α,β-unsaturated/α-hetero) is 1. The third-order valence-electron chi connectivity index (χ3n) is 6.42. The van der Waals surface area contributed by atoms with Gasteiger partial charge in [-0.15, -0.1) is 0 Å². The highest BCUT2D eigenvalue weighted by molar-refractivity contribution is 7.89. The Morgan fingerprint density at radius 1 is 0.871 bits per heavy atom. The Labute approximate surface area is 183 Å². The second kappa shape index (κ2) is 8.93. The van der Waals surface area contributed by atoms with Crippen molar-refractivity contribution < 1.29 is 18.0 Å². The lowest BCUT2D eigenvalue weighted by atomic mass is 9.95. The van der Waals surface area contributed by atoms with Crippen LogP contribution < -0.4 is 0 Å². The number of ketones is 1. The summed E-state index contributed by atoms with van der Waals surface area (Å²) in [5.41, 5.74) is 1.66. The number of benzene rings is 2. The van der Waals surface area contributed by atoms with Gasteiger partial charge in [0.2, 0.25) is 15.9 Å². The van der Waals surface area contributed by atoms with E-state index in [1.807, 2.05) is 23.1 Å². The molecule has 1 amide bonds. The molecule has 2 aromatic rings. The van der Waals surface area contributed by atoms with Gasteiger partial charge in [-0.1, -0.05) is 42.5 Å². The van der Waals surface area contributed by atoms with E-state index >= 15 is 0 Å². The van der Waals surface area contributed by atoms with Gasteiger partial charge in [0, 0.05) is 31.1 Å². The minimum absolute atomic E-state index is 0.0982. The van der Waals surface area contributed by atoms with E-state index in [0.717, 1.165) is 19.4 Å². The normalized spacial score (nSPS) is 20.7. The Morgan fingerprint density at radius 2 is 1.52 bits per heavy atom. The third kappa shape index (κ3) is 4.43. The summed E-state index contributed by atoms with van der Waals surface area (Å²) in [6.07, 6.45) is 3.03. The molecule has 0 N–H and O–H groups in total. The third-order valence-corrected chi connectivity index (χ3v) is 8.33. The summed E-state index contributed by atoms with van der Waals surface area (Å²) in [6.45, 7) is 2.88. The summed E-state index contributed by atoms with van der Waals surface area (Å²) in [5.74, 6) is -0.0935. The lowest BCUT2D eigenvalue weighted by Gasteiger charge is -2.34. The number of hydrogen-bond donors (Lipinski definition) is 0. The molecule has 2 aromatic carbocycles. The van der Waals surface area contributed by atoms with Gasteiger partial charge in [-0.05, 0) is 50.3 Å². The van der Waals surface area contributed by atoms with Crippen LogP contribution in [0, 0.1) is 5.92 Å². The number of carbonyl (C=O) groups is 2. The smallest absolute Gasteiger partial charge is 0.243 e. The molecular formula is C24H28N2O4S. The maximum absolute atomic E-state index is 13.2. The molecular weight excluding hydrogens is 412 g/mol. The summed E-state index contributed by atoms with van der Waals surface area (Å²) >= 11 is 0. The molecule has 1 atom stereocenters. The Hall–Kier alpha value is -2.51. The monoisotopic (exact) mass is 440 g/mol. The van der Waals surface area contributed by atoms with Crippen LogP contribution in [-0.2, 0) is 14.8 Å². The van der Waals surface area contributed by atoms with E-state index in [9.17, 15) is 18.0 Å². The molecule has 2 fully saturated rings. The molecule has 2 aliphatic rings. The summed E-state index contributed by atoms with van der Waals surface area (Å²) in [5, 5.41) is 0. The molecule has 2 heterocycles. The van der Waals surface area contributed by atoms with Crippen molar-refractivity contribution in [3.05, 3.63) is 65.7 Å². The molecule has 0 bridgehead atoms. The predicted molar refractivity (Wildman–Crippen MR) is 118 cm³/mol. The predicted octanol–water partition coefficient (Wildman–Crippen LogP) is 3.65. The molecule has 164 valence electrons. The van der Waals surface area contributed by atoms with E-state index < -0.39 is 10.0 Å². The fourth-order valence-corrected chi connectivity index (χ4v) is 6.11. The maximum Gasteiger partial charge on any atom is 0.243 e. The van der Waals surface area contributed by atoms with Crippen molar-refractivity contribution in [1.82, 2.24) is 9.21 Å². The van der Waals surface area contributed by atoms with Gasteiger partial charge in [-0.2, -0.15) is 4.31 Å². The first-order valence-electron chi connectivity index (χ1n) is 10.8. The average Bonchev–Trinajstić information content (AvgIpc) is 3.29. The topological polar surface area (TPSA) is 74.8 Å². The SMILES string of the molecule is CC(=O)c1ccc(S(=O)(=O)N2CCC(C(=O)N3CCC[C@H]3c3ccccc3)CC2)cc1. The molecule has 0 aromatic heterocycles. The van der Waals surface area contributed by atoms with Crippen LogP contribution in [0.15, 0.2) is 59.5 Å². The van der Waals surface area contributed by atoms with Crippen molar-refractivity contribution >= 4 is 21.7 Å². The molecule has 31 heavy (non-hydrogen) atoms. The molecule has 7 heteroatoms. The zero-order valence-electron chi connectivity index (χ0n) is 17.7. The quantitative estimate of drug-likeness (QED) is 0.665. The molecule has 2 saturated heterocycles. The van der Waals surface area contributed by atoms with E-state index in [1.54, 1.807) is 12.1 Å². The fraction of sp³-hybridized carbons (Fsp3) is 0.417. The first kappa shape index (κ1) is 21.7. The average molecular weight is 441 g/mol. The molecule has 4 rings (SSSR count). The van der Waals surface area contributed by atoms with Crippen LogP contribution in [-0.4, -0.2) is 48.9 Å².